The molecule has 1 aromatic carbocycles. The van der Waals surface area contributed by atoms with Crippen LogP contribution in [0.5, 0.6) is 0 Å². The van der Waals surface area contributed by atoms with Crippen molar-refractivity contribution in [1.29, 1.82) is 0 Å². The Hall–Kier alpha value is -2.67. The minimum absolute atomic E-state index is 0.240. The number of hydrogen-bond acceptors (Lipinski definition) is 4. The van der Waals surface area contributed by atoms with Crippen molar-refractivity contribution in [2.75, 3.05) is 20.3 Å². The fourth-order valence-electron chi connectivity index (χ4n) is 3.11. The third kappa shape index (κ3) is 4.11. The summed E-state index contributed by atoms with van der Waals surface area (Å²) < 4.78 is 6.83. The van der Waals surface area contributed by atoms with Crippen LogP contribution in [-0.4, -0.2) is 41.6 Å². The number of rotatable bonds is 7. The Kier molecular flexibility index (Phi) is 6.01. The van der Waals surface area contributed by atoms with Crippen LogP contribution in [0.1, 0.15) is 45.2 Å². The number of carbonyl (C=O) groups is 2. The quantitative estimate of drug-likeness (QED) is 0.737. The SMILES string of the molecule is COCCNC(=O)c1nc(C(=O)NCc2ccccc2)c2n1CCCC2. The molecule has 1 aliphatic rings. The van der Waals surface area contributed by atoms with Crippen LogP contribution >= 0.6 is 0 Å². The van der Waals surface area contributed by atoms with E-state index in [0.29, 0.717) is 37.8 Å². The maximum atomic E-state index is 12.6. The van der Waals surface area contributed by atoms with Gasteiger partial charge in [0, 0.05) is 26.7 Å². The highest BCUT2D eigenvalue weighted by Crippen LogP contribution is 2.21. The topological polar surface area (TPSA) is 85.2 Å². The molecular formula is C19H24N4O3. The molecule has 1 aliphatic heterocycles. The maximum Gasteiger partial charge on any atom is 0.287 e. The summed E-state index contributed by atoms with van der Waals surface area (Å²) in [6.07, 6.45) is 2.73. The molecule has 0 saturated carbocycles. The predicted octanol–water partition coefficient (Wildman–Crippen LogP) is 1.53. The lowest BCUT2D eigenvalue weighted by Crippen LogP contribution is -2.30. The molecule has 0 saturated heterocycles. The number of benzene rings is 1. The van der Waals surface area contributed by atoms with E-state index in [4.69, 9.17) is 4.74 Å². The molecular weight excluding hydrogens is 332 g/mol. The molecule has 0 fully saturated rings. The van der Waals surface area contributed by atoms with Crippen LogP contribution in [0.2, 0.25) is 0 Å². The van der Waals surface area contributed by atoms with E-state index in [9.17, 15) is 9.59 Å². The van der Waals surface area contributed by atoms with Crippen LogP contribution in [0.4, 0.5) is 0 Å². The van der Waals surface area contributed by atoms with Crippen LogP contribution < -0.4 is 10.6 Å². The molecule has 2 N–H and O–H groups in total. The van der Waals surface area contributed by atoms with Crippen molar-refractivity contribution in [2.24, 2.45) is 0 Å². The Bertz CT molecular complexity index is 771. The summed E-state index contributed by atoms with van der Waals surface area (Å²) in [7, 11) is 1.58. The van der Waals surface area contributed by atoms with Crippen LogP contribution in [0.15, 0.2) is 30.3 Å². The van der Waals surface area contributed by atoms with Crippen molar-refractivity contribution in [3.05, 3.63) is 53.1 Å². The zero-order chi connectivity index (χ0) is 18.4. The fraction of sp³-hybridized carbons (Fsp3) is 0.421. The third-order valence-electron chi connectivity index (χ3n) is 4.42. The molecule has 0 radical (unpaired) electrons. The molecule has 3 rings (SSSR count). The Balaban J connectivity index is 1.76. The summed E-state index contributed by atoms with van der Waals surface area (Å²) in [6, 6.07) is 9.71. The van der Waals surface area contributed by atoms with E-state index in [-0.39, 0.29) is 11.8 Å². The number of carbonyl (C=O) groups excluding carboxylic acids is 2. The number of methoxy groups -OCH3 is 1. The van der Waals surface area contributed by atoms with Crippen LogP contribution in [0, 0.1) is 0 Å². The molecule has 0 unspecified atom stereocenters. The first-order valence-corrected chi connectivity index (χ1v) is 8.89. The van der Waals surface area contributed by atoms with Crippen molar-refractivity contribution in [3.63, 3.8) is 0 Å². The number of imidazole rings is 1. The first kappa shape index (κ1) is 18.1. The van der Waals surface area contributed by atoms with Crippen LogP contribution in [-0.2, 0) is 24.2 Å². The first-order chi connectivity index (χ1) is 12.7. The first-order valence-electron chi connectivity index (χ1n) is 8.89. The average molecular weight is 356 g/mol. The highest BCUT2D eigenvalue weighted by atomic mass is 16.5. The molecule has 26 heavy (non-hydrogen) atoms. The predicted molar refractivity (Wildman–Crippen MR) is 97.0 cm³/mol. The largest absolute Gasteiger partial charge is 0.383 e. The van der Waals surface area contributed by atoms with Crippen molar-refractivity contribution in [1.82, 2.24) is 20.2 Å². The fourth-order valence-corrected chi connectivity index (χ4v) is 3.11. The standard InChI is InChI=1S/C19H24N4O3/c1-26-12-10-20-19(25)17-22-16(15-9-5-6-11-23(15)17)18(24)21-13-14-7-3-2-4-8-14/h2-4,7-8H,5-6,9-13H2,1H3,(H,20,25)(H,21,24). The average Bonchev–Trinajstić information content (AvgIpc) is 3.07. The molecule has 138 valence electrons. The molecule has 2 heterocycles. The maximum absolute atomic E-state index is 12.6. The number of fused-ring (bicyclic) bond motifs is 1. The second-order valence-corrected chi connectivity index (χ2v) is 6.26. The summed E-state index contributed by atoms with van der Waals surface area (Å²) in [6.45, 7) is 1.99. The molecule has 1 aromatic heterocycles. The van der Waals surface area contributed by atoms with E-state index in [2.05, 4.69) is 15.6 Å². The zero-order valence-corrected chi connectivity index (χ0v) is 15.0. The van der Waals surface area contributed by atoms with E-state index in [1.54, 1.807) is 7.11 Å². The number of amides is 2. The Labute approximate surface area is 152 Å². The van der Waals surface area contributed by atoms with Gasteiger partial charge in [-0.05, 0) is 24.8 Å². The number of hydrogen-bond donors (Lipinski definition) is 2. The van der Waals surface area contributed by atoms with Gasteiger partial charge in [0.25, 0.3) is 11.8 Å². The van der Waals surface area contributed by atoms with Crippen molar-refractivity contribution in [2.45, 2.75) is 32.4 Å². The zero-order valence-electron chi connectivity index (χ0n) is 15.0. The summed E-state index contributed by atoms with van der Waals surface area (Å²) in [5.41, 5.74) is 2.22. The van der Waals surface area contributed by atoms with Gasteiger partial charge in [0.2, 0.25) is 0 Å². The van der Waals surface area contributed by atoms with Crippen LogP contribution in [0.25, 0.3) is 0 Å². The van der Waals surface area contributed by atoms with E-state index < -0.39 is 0 Å². The number of aromatic nitrogens is 2. The lowest BCUT2D eigenvalue weighted by Gasteiger charge is -2.17. The summed E-state index contributed by atoms with van der Waals surface area (Å²) >= 11 is 0. The molecule has 7 nitrogen and oxygen atoms in total. The van der Waals surface area contributed by atoms with Gasteiger partial charge in [-0.25, -0.2) is 4.98 Å². The summed E-state index contributed by atoms with van der Waals surface area (Å²) in [5, 5.41) is 5.68. The molecule has 7 heteroatoms. The normalized spacial score (nSPS) is 13.1. The number of ether oxygens (including phenoxy) is 1. The third-order valence-corrected chi connectivity index (χ3v) is 4.42. The Morgan fingerprint density at radius 3 is 2.73 bits per heavy atom. The highest BCUT2D eigenvalue weighted by Gasteiger charge is 2.27. The monoisotopic (exact) mass is 356 g/mol. The number of nitrogens with one attached hydrogen (secondary N) is 2. The van der Waals surface area contributed by atoms with Gasteiger partial charge in [-0.2, -0.15) is 0 Å². The van der Waals surface area contributed by atoms with E-state index >= 15 is 0 Å². The Morgan fingerprint density at radius 1 is 1.15 bits per heavy atom. The van der Waals surface area contributed by atoms with Gasteiger partial charge in [0.1, 0.15) is 5.69 Å². The lowest BCUT2D eigenvalue weighted by atomic mass is 10.1. The number of nitrogens with zero attached hydrogens (tertiary/aromatic N) is 2. The highest BCUT2D eigenvalue weighted by molar-refractivity contribution is 5.97. The molecule has 2 amide bonds. The molecule has 2 aromatic rings. The molecule has 0 spiro atoms. The van der Waals surface area contributed by atoms with E-state index in [1.165, 1.54) is 0 Å². The minimum Gasteiger partial charge on any atom is -0.383 e. The Morgan fingerprint density at radius 2 is 1.96 bits per heavy atom. The minimum atomic E-state index is -0.271. The van der Waals surface area contributed by atoms with E-state index in [1.807, 2.05) is 34.9 Å². The second kappa shape index (κ2) is 8.62. The van der Waals surface area contributed by atoms with Gasteiger partial charge < -0.3 is 19.9 Å². The van der Waals surface area contributed by atoms with Crippen molar-refractivity contribution < 1.29 is 14.3 Å². The summed E-state index contributed by atoms with van der Waals surface area (Å²) in [5.74, 6) is -0.205. The smallest absolute Gasteiger partial charge is 0.287 e. The van der Waals surface area contributed by atoms with Crippen molar-refractivity contribution in [3.8, 4) is 0 Å². The van der Waals surface area contributed by atoms with Gasteiger partial charge in [-0.1, -0.05) is 30.3 Å². The van der Waals surface area contributed by atoms with Crippen molar-refractivity contribution >= 4 is 11.8 Å². The van der Waals surface area contributed by atoms with Gasteiger partial charge in [0.05, 0.1) is 12.3 Å². The van der Waals surface area contributed by atoms with Gasteiger partial charge in [-0.15, -0.1) is 0 Å². The molecule has 0 atom stereocenters. The molecule has 0 bridgehead atoms. The second-order valence-electron chi connectivity index (χ2n) is 6.26. The van der Waals surface area contributed by atoms with Gasteiger partial charge >= 0.3 is 0 Å². The van der Waals surface area contributed by atoms with Gasteiger partial charge in [0.15, 0.2) is 5.82 Å². The summed E-state index contributed by atoms with van der Waals surface area (Å²) in [4.78, 5) is 29.5. The van der Waals surface area contributed by atoms with E-state index in [0.717, 1.165) is 30.5 Å². The van der Waals surface area contributed by atoms with Gasteiger partial charge in [-0.3, -0.25) is 9.59 Å². The molecule has 0 aliphatic carbocycles. The lowest BCUT2D eigenvalue weighted by molar-refractivity contribution is 0.0921. The van der Waals surface area contributed by atoms with Crippen LogP contribution in [0.3, 0.4) is 0 Å².